The number of hydrogen-bond acceptors (Lipinski definition) is 4. The Balaban J connectivity index is 1.52. The minimum atomic E-state index is -4.68. The van der Waals surface area contributed by atoms with Crippen molar-refractivity contribution in [1.82, 2.24) is 9.80 Å². The molecule has 1 fully saturated rings. The second kappa shape index (κ2) is 9.32. The number of nitrogens with one attached hydrogen (secondary N) is 1. The Hall–Kier alpha value is -2.88. The summed E-state index contributed by atoms with van der Waals surface area (Å²) in [6, 6.07) is 2.95. The van der Waals surface area contributed by atoms with Gasteiger partial charge in [0.05, 0.1) is 29.0 Å². The number of hydrogen-bond donors (Lipinski definition) is 1. The summed E-state index contributed by atoms with van der Waals surface area (Å²) in [6.07, 6.45) is -0.103. The maximum absolute atomic E-state index is 12.9. The van der Waals surface area contributed by atoms with Crippen molar-refractivity contribution in [2.24, 2.45) is 11.8 Å². The zero-order valence-corrected chi connectivity index (χ0v) is 17.9. The first-order chi connectivity index (χ1) is 15.0. The summed E-state index contributed by atoms with van der Waals surface area (Å²) >= 11 is 5.55. The third kappa shape index (κ3) is 5.12. The average molecular weight is 472 g/mol. The summed E-state index contributed by atoms with van der Waals surface area (Å²) in [4.78, 5) is 51.6. The lowest BCUT2D eigenvalue weighted by Crippen LogP contribution is -2.38. The molecular formula is C21H21ClF3N3O4. The predicted molar refractivity (Wildman–Crippen MR) is 109 cm³/mol. The van der Waals surface area contributed by atoms with Gasteiger partial charge in [-0.25, -0.2) is 0 Å². The molecule has 7 nitrogen and oxygen atoms in total. The van der Waals surface area contributed by atoms with E-state index in [-0.39, 0.29) is 42.3 Å². The summed E-state index contributed by atoms with van der Waals surface area (Å²) in [7, 11) is 1.35. The van der Waals surface area contributed by atoms with Gasteiger partial charge in [0.15, 0.2) is 0 Å². The molecule has 1 saturated heterocycles. The summed E-state index contributed by atoms with van der Waals surface area (Å²) in [6.45, 7) is -0.499. The van der Waals surface area contributed by atoms with E-state index in [9.17, 15) is 32.3 Å². The molecule has 11 heteroatoms. The van der Waals surface area contributed by atoms with Crippen LogP contribution < -0.4 is 5.32 Å². The fourth-order valence-corrected chi connectivity index (χ4v) is 4.04. The van der Waals surface area contributed by atoms with Crippen LogP contribution in [0.3, 0.4) is 0 Å². The molecule has 1 aliphatic heterocycles. The molecule has 172 valence electrons. The molecule has 0 aromatic heterocycles. The van der Waals surface area contributed by atoms with E-state index in [1.807, 2.05) is 12.2 Å². The second-order valence-corrected chi connectivity index (χ2v) is 8.13. The van der Waals surface area contributed by atoms with Gasteiger partial charge in [-0.05, 0) is 31.0 Å². The Morgan fingerprint density at radius 2 is 1.75 bits per heavy atom. The number of amides is 4. The quantitative estimate of drug-likeness (QED) is 0.510. The molecule has 1 aromatic rings. The van der Waals surface area contributed by atoms with Crippen molar-refractivity contribution in [3.05, 3.63) is 40.9 Å². The van der Waals surface area contributed by atoms with Gasteiger partial charge in [0.1, 0.15) is 0 Å². The topological polar surface area (TPSA) is 86.8 Å². The Kier molecular flexibility index (Phi) is 6.92. The number of halogens is 4. The highest BCUT2D eigenvalue weighted by Crippen LogP contribution is 2.36. The SMILES string of the molecule is CN(CC(=O)Nc1ccc(Cl)c(C(F)(F)F)c1)C(=O)CCN1C(=O)[C@H]2CC=CC[C@@H]2C1=O. The van der Waals surface area contributed by atoms with E-state index in [4.69, 9.17) is 11.6 Å². The predicted octanol–water partition coefficient (Wildman–Crippen LogP) is 3.10. The molecule has 0 spiro atoms. The number of likely N-dealkylation sites (tertiary alicyclic amines) is 1. The highest BCUT2D eigenvalue weighted by Gasteiger charge is 2.47. The number of nitrogens with zero attached hydrogens (tertiary/aromatic N) is 2. The maximum atomic E-state index is 12.9. The summed E-state index contributed by atoms with van der Waals surface area (Å²) < 4.78 is 38.8. The van der Waals surface area contributed by atoms with Gasteiger partial charge >= 0.3 is 6.18 Å². The number of allylic oxidation sites excluding steroid dienone is 2. The fourth-order valence-electron chi connectivity index (χ4n) is 3.81. The van der Waals surface area contributed by atoms with E-state index in [2.05, 4.69) is 5.32 Å². The molecule has 2 aliphatic rings. The number of carbonyl (C=O) groups is 4. The van der Waals surface area contributed by atoms with Crippen LogP contribution in [0.25, 0.3) is 0 Å². The number of fused-ring (bicyclic) bond motifs is 1. The van der Waals surface area contributed by atoms with E-state index in [1.165, 1.54) is 13.1 Å². The lowest BCUT2D eigenvalue weighted by Gasteiger charge is -2.19. The standard InChI is InChI=1S/C21H21ClF3N3O4/c1-27(11-17(29)26-12-6-7-16(22)15(10-12)21(23,24)25)18(30)8-9-28-19(31)13-4-2-3-5-14(13)20(28)32/h2-3,6-7,10,13-14H,4-5,8-9,11H2,1H3,(H,26,29)/t13-,14-/m0/s1. The molecule has 1 heterocycles. The summed E-state index contributed by atoms with van der Waals surface area (Å²) in [5.74, 6) is -2.54. The minimum absolute atomic E-state index is 0.0818. The van der Waals surface area contributed by atoms with Gasteiger partial charge < -0.3 is 10.2 Å². The van der Waals surface area contributed by atoms with Crippen LogP contribution in [0.15, 0.2) is 30.4 Å². The molecule has 0 bridgehead atoms. The Morgan fingerprint density at radius 1 is 1.16 bits per heavy atom. The fraction of sp³-hybridized carbons (Fsp3) is 0.429. The van der Waals surface area contributed by atoms with E-state index in [0.717, 1.165) is 15.9 Å². The van der Waals surface area contributed by atoms with Crippen molar-refractivity contribution in [2.75, 3.05) is 25.5 Å². The molecule has 0 saturated carbocycles. The Labute approximate surface area is 187 Å². The first-order valence-electron chi connectivity index (χ1n) is 9.90. The van der Waals surface area contributed by atoms with E-state index >= 15 is 0 Å². The molecule has 3 rings (SSSR count). The number of likely N-dealkylation sites (N-methyl/N-ethyl adjacent to an activating group) is 1. The van der Waals surface area contributed by atoms with Crippen LogP contribution in [0, 0.1) is 11.8 Å². The number of benzene rings is 1. The van der Waals surface area contributed by atoms with E-state index < -0.39 is 35.1 Å². The van der Waals surface area contributed by atoms with Crippen LogP contribution in [0.1, 0.15) is 24.8 Å². The number of carbonyl (C=O) groups excluding carboxylic acids is 4. The van der Waals surface area contributed by atoms with Crippen molar-refractivity contribution < 1.29 is 32.3 Å². The number of rotatable bonds is 6. The van der Waals surface area contributed by atoms with Gasteiger partial charge in [-0.2, -0.15) is 13.2 Å². The number of alkyl halides is 3. The van der Waals surface area contributed by atoms with Crippen LogP contribution >= 0.6 is 11.6 Å². The van der Waals surface area contributed by atoms with E-state index in [0.29, 0.717) is 18.9 Å². The van der Waals surface area contributed by atoms with Gasteiger partial charge in [0, 0.05) is 25.7 Å². The van der Waals surface area contributed by atoms with Crippen LogP contribution in [-0.4, -0.2) is 53.6 Å². The lowest BCUT2D eigenvalue weighted by molar-refractivity contribution is -0.141. The van der Waals surface area contributed by atoms with Crippen LogP contribution in [0.4, 0.5) is 18.9 Å². The number of anilines is 1. The van der Waals surface area contributed by atoms with Gasteiger partial charge in [0.2, 0.25) is 23.6 Å². The average Bonchev–Trinajstić information content (AvgIpc) is 2.97. The van der Waals surface area contributed by atoms with Crippen LogP contribution in [0.2, 0.25) is 5.02 Å². The largest absolute Gasteiger partial charge is 0.417 e. The van der Waals surface area contributed by atoms with Crippen LogP contribution in [-0.2, 0) is 25.4 Å². The van der Waals surface area contributed by atoms with Gasteiger partial charge in [-0.1, -0.05) is 23.8 Å². The molecule has 0 radical (unpaired) electrons. The van der Waals surface area contributed by atoms with E-state index in [1.54, 1.807) is 0 Å². The monoisotopic (exact) mass is 471 g/mol. The molecule has 1 aliphatic carbocycles. The van der Waals surface area contributed by atoms with Crippen molar-refractivity contribution in [2.45, 2.75) is 25.4 Å². The van der Waals surface area contributed by atoms with Crippen molar-refractivity contribution in [3.63, 3.8) is 0 Å². The van der Waals surface area contributed by atoms with Gasteiger partial charge in [-0.3, -0.25) is 24.1 Å². The Morgan fingerprint density at radius 3 is 2.31 bits per heavy atom. The van der Waals surface area contributed by atoms with Crippen molar-refractivity contribution in [3.8, 4) is 0 Å². The smallest absolute Gasteiger partial charge is 0.336 e. The van der Waals surface area contributed by atoms with Crippen LogP contribution in [0.5, 0.6) is 0 Å². The van der Waals surface area contributed by atoms with Crippen molar-refractivity contribution >= 4 is 40.9 Å². The first kappa shape index (κ1) is 23.8. The molecular weight excluding hydrogens is 451 g/mol. The number of imide groups is 1. The maximum Gasteiger partial charge on any atom is 0.417 e. The summed E-state index contributed by atoms with van der Waals surface area (Å²) in [5.41, 5.74) is -1.20. The van der Waals surface area contributed by atoms with Gasteiger partial charge in [-0.15, -0.1) is 0 Å². The second-order valence-electron chi connectivity index (χ2n) is 7.72. The molecule has 4 amide bonds. The highest BCUT2D eigenvalue weighted by atomic mass is 35.5. The lowest BCUT2D eigenvalue weighted by atomic mass is 9.85. The molecule has 0 unspecified atom stereocenters. The zero-order chi connectivity index (χ0) is 23.6. The van der Waals surface area contributed by atoms with Crippen molar-refractivity contribution in [1.29, 1.82) is 0 Å². The summed E-state index contributed by atoms with van der Waals surface area (Å²) in [5, 5.41) is 1.80. The molecule has 1 aromatic carbocycles. The molecule has 1 N–H and O–H groups in total. The third-order valence-electron chi connectivity index (χ3n) is 5.51. The molecule has 32 heavy (non-hydrogen) atoms. The van der Waals surface area contributed by atoms with Gasteiger partial charge in [0.25, 0.3) is 0 Å². The minimum Gasteiger partial charge on any atom is -0.336 e. The normalized spacial score (nSPS) is 20.3. The first-order valence-corrected chi connectivity index (χ1v) is 10.3. The highest BCUT2D eigenvalue weighted by molar-refractivity contribution is 6.31. The third-order valence-corrected chi connectivity index (χ3v) is 5.84. The zero-order valence-electron chi connectivity index (χ0n) is 17.1. The Bertz CT molecular complexity index is 954. The molecule has 2 atom stereocenters.